The van der Waals surface area contributed by atoms with E-state index in [1.54, 1.807) is 12.1 Å². The number of halogens is 2. The summed E-state index contributed by atoms with van der Waals surface area (Å²) in [6.45, 7) is 6.49. The number of unbranched alkanes of at least 4 members (excludes halogenated alkanes) is 3. The molecule has 2 aromatic rings. The molecule has 2 N–H and O–H groups in total. The summed E-state index contributed by atoms with van der Waals surface area (Å²) in [4.78, 5) is 13.3. The standard InChI is InChI=1S/C27H39N3O3.2ClH/c1-2-17-29(18-9-4-3-8-15-28-16-14-22-10-6-5-7-11-22)25-13-12-23-21-27(31)26(30(32)33)20-24(23)19-25;;/h5-7,10-11,20-21,25,28,31H,2-4,8-9,12-19H2,1H3;2*1H/t25-;;/m1../s1. The number of nitro benzene ring substituents is 1. The topological polar surface area (TPSA) is 78.6 Å². The molecule has 196 valence electrons. The van der Waals surface area contributed by atoms with E-state index in [-0.39, 0.29) is 36.3 Å². The summed E-state index contributed by atoms with van der Waals surface area (Å²) in [7, 11) is 0. The Morgan fingerprint density at radius 2 is 1.77 bits per heavy atom. The van der Waals surface area contributed by atoms with Gasteiger partial charge in [0.1, 0.15) is 0 Å². The largest absolute Gasteiger partial charge is 0.502 e. The van der Waals surface area contributed by atoms with Crippen molar-refractivity contribution in [2.75, 3.05) is 26.2 Å². The van der Waals surface area contributed by atoms with Crippen LogP contribution in [0.15, 0.2) is 42.5 Å². The lowest BCUT2D eigenvalue weighted by molar-refractivity contribution is -0.385. The summed E-state index contributed by atoms with van der Waals surface area (Å²) in [5, 5.41) is 24.7. The lowest BCUT2D eigenvalue weighted by atomic mass is 9.86. The molecule has 1 aliphatic carbocycles. The van der Waals surface area contributed by atoms with Gasteiger partial charge in [-0.25, -0.2) is 0 Å². The maximum atomic E-state index is 11.2. The number of phenols is 1. The molecular weight excluding hydrogens is 485 g/mol. The minimum atomic E-state index is -0.487. The second-order valence-electron chi connectivity index (χ2n) is 9.20. The van der Waals surface area contributed by atoms with Crippen LogP contribution in [0.1, 0.15) is 62.1 Å². The van der Waals surface area contributed by atoms with E-state index < -0.39 is 4.92 Å². The molecule has 0 saturated heterocycles. The Morgan fingerprint density at radius 3 is 2.49 bits per heavy atom. The Labute approximate surface area is 222 Å². The van der Waals surface area contributed by atoms with E-state index in [0.717, 1.165) is 69.4 Å². The zero-order chi connectivity index (χ0) is 23.5. The number of phenolic OH excluding ortho intramolecular Hbond substituents is 1. The summed E-state index contributed by atoms with van der Waals surface area (Å²) >= 11 is 0. The normalized spacial score (nSPS) is 14.6. The van der Waals surface area contributed by atoms with E-state index in [0.29, 0.717) is 6.04 Å². The number of hydrogen-bond acceptors (Lipinski definition) is 5. The maximum Gasteiger partial charge on any atom is 0.310 e. The van der Waals surface area contributed by atoms with Gasteiger partial charge in [0.25, 0.3) is 0 Å². The third-order valence-corrected chi connectivity index (χ3v) is 6.71. The molecule has 35 heavy (non-hydrogen) atoms. The Morgan fingerprint density at radius 1 is 1.03 bits per heavy atom. The molecule has 0 radical (unpaired) electrons. The maximum absolute atomic E-state index is 11.2. The third-order valence-electron chi connectivity index (χ3n) is 6.71. The van der Waals surface area contributed by atoms with Gasteiger partial charge in [0.15, 0.2) is 5.75 Å². The highest BCUT2D eigenvalue weighted by Gasteiger charge is 2.27. The molecule has 8 heteroatoms. The Bertz CT molecular complexity index is 883. The first kappa shape index (κ1) is 31.2. The van der Waals surface area contributed by atoms with E-state index in [2.05, 4.69) is 47.5 Å². The average Bonchev–Trinajstić information content (AvgIpc) is 2.82. The SMILES string of the molecule is CCCN(CCCCCCNCCc1ccccc1)[C@@H]1CCc2cc(O)c([N+](=O)[O-])cc2C1.Cl.Cl. The first-order chi connectivity index (χ1) is 16.1. The van der Waals surface area contributed by atoms with Crippen molar-refractivity contribution in [2.45, 2.75) is 70.8 Å². The minimum Gasteiger partial charge on any atom is -0.502 e. The van der Waals surface area contributed by atoms with Crippen LogP contribution >= 0.6 is 24.8 Å². The van der Waals surface area contributed by atoms with Crippen LogP contribution in [0.5, 0.6) is 5.75 Å². The number of benzene rings is 2. The third kappa shape index (κ3) is 9.96. The monoisotopic (exact) mass is 525 g/mol. The van der Waals surface area contributed by atoms with Crippen LogP contribution in [-0.4, -0.2) is 47.2 Å². The Kier molecular flexibility index (Phi) is 14.9. The first-order valence-electron chi connectivity index (χ1n) is 12.6. The molecule has 1 aliphatic rings. The average molecular weight is 527 g/mol. The molecule has 0 heterocycles. The molecule has 0 spiro atoms. The lowest BCUT2D eigenvalue weighted by Gasteiger charge is -2.35. The molecule has 2 aromatic carbocycles. The highest BCUT2D eigenvalue weighted by molar-refractivity contribution is 5.85. The first-order valence-corrected chi connectivity index (χ1v) is 12.6. The molecule has 0 unspecified atom stereocenters. The van der Waals surface area contributed by atoms with Crippen LogP contribution in [0.4, 0.5) is 5.69 Å². The van der Waals surface area contributed by atoms with E-state index in [1.807, 2.05) is 0 Å². The molecule has 1 atom stereocenters. The molecule has 0 fully saturated rings. The van der Waals surface area contributed by atoms with Gasteiger partial charge in [-0.05, 0) is 93.9 Å². The number of aryl methyl sites for hydroxylation is 1. The number of nitrogens with zero attached hydrogens (tertiary/aromatic N) is 2. The zero-order valence-corrected chi connectivity index (χ0v) is 22.4. The Hall–Kier alpha value is -1.86. The fraction of sp³-hybridized carbons (Fsp3) is 0.556. The van der Waals surface area contributed by atoms with Crippen LogP contribution < -0.4 is 5.32 Å². The van der Waals surface area contributed by atoms with Crippen molar-refractivity contribution in [3.8, 4) is 5.75 Å². The van der Waals surface area contributed by atoms with E-state index in [9.17, 15) is 15.2 Å². The van der Waals surface area contributed by atoms with Gasteiger partial charge in [-0.2, -0.15) is 0 Å². The molecule has 3 rings (SSSR count). The van der Waals surface area contributed by atoms with E-state index in [1.165, 1.54) is 31.2 Å². The van der Waals surface area contributed by atoms with Crippen LogP contribution in [0.25, 0.3) is 0 Å². The second-order valence-corrected chi connectivity index (χ2v) is 9.20. The van der Waals surface area contributed by atoms with Crippen molar-refractivity contribution >= 4 is 30.5 Å². The number of hydrogen-bond donors (Lipinski definition) is 2. The fourth-order valence-electron chi connectivity index (χ4n) is 4.91. The number of nitrogens with one attached hydrogen (secondary N) is 1. The zero-order valence-electron chi connectivity index (χ0n) is 20.8. The highest BCUT2D eigenvalue weighted by atomic mass is 35.5. The summed E-state index contributed by atoms with van der Waals surface area (Å²) in [6, 6.07) is 14.2. The van der Waals surface area contributed by atoms with Crippen molar-refractivity contribution in [1.82, 2.24) is 10.2 Å². The number of rotatable bonds is 14. The van der Waals surface area contributed by atoms with Gasteiger partial charge in [0.05, 0.1) is 4.92 Å². The molecule has 6 nitrogen and oxygen atoms in total. The Balaban J connectivity index is 0.00000306. The van der Waals surface area contributed by atoms with Gasteiger partial charge >= 0.3 is 5.69 Å². The van der Waals surface area contributed by atoms with Crippen molar-refractivity contribution < 1.29 is 10.0 Å². The lowest BCUT2D eigenvalue weighted by Crippen LogP contribution is -2.40. The summed E-state index contributed by atoms with van der Waals surface area (Å²) in [5.41, 5.74) is 3.30. The van der Waals surface area contributed by atoms with Crippen LogP contribution in [0.3, 0.4) is 0 Å². The van der Waals surface area contributed by atoms with E-state index >= 15 is 0 Å². The van der Waals surface area contributed by atoms with Gasteiger partial charge in [-0.15, -0.1) is 24.8 Å². The van der Waals surface area contributed by atoms with Crippen molar-refractivity contribution in [3.63, 3.8) is 0 Å². The van der Waals surface area contributed by atoms with Gasteiger partial charge < -0.3 is 15.3 Å². The number of nitro groups is 1. The number of fused-ring (bicyclic) bond motifs is 1. The highest BCUT2D eigenvalue weighted by Crippen LogP contribution is 2.34. The van der Waals surface area contributed by atoms with E-state index in [4.69, 9.17) is 0 Å². The molecule has 0 bridgehead atoms. The van der Waals surface area contributed by atoms with Crippen molar-refractivity contribution in [3.05, 3.63) is 69.3 Å². The van der Waals surface area contributed by atoms with Crippen molar-refractivity contribution in [1.29, 1.82) is 0 Å². The predicted molar refractivity (Wildman–Crippen MR) is 148 cm³/mol. The molecule has 0 amide bonds. The molecular formula is C27H41Cl2N3O3. The molecule has 0 saturated carbocycles. The predicted octanol–water partition coefficient (Wildman–Crippen LogP) is 6.11. The van der Waals surface area contributed by atoms with Crippen LogP contribution in [-0.2, 0) is 19.3 Å². The van der Waals surface area contributed by atoms with Crippen LogP contribution in [0, 0.1) is 10.1 Å². The quantitative estimate of drug-likeness (QED) is 0.177. The van der Waals surface area contributed by atoms with Gasteiger partial charge in [-0.1, -0.05) is 50.1 Å². The second kappa shape index (κ2) is 16.7. The molecule has 0 aliphatic heterocycles. The van der Waals surface area contributed by atoms with Gasteiger partial charge in [-0.3, -0.25) is 10.1 Å². The van der Waals surface area contributed by atoms with Gasteiger partial charge in [0, 0.05) is 12.1 Å². The fourth-order valence-corrected chi connectivity index (χ4v) is 4.91. The summed E-state index contributed by atoms with van der Waals surface area (Å²) in [6.07, 6.45) is 9.86. The van der Waals surface area contributed by atoms with Crippen molar-refractivity contribution in [2.24, 2.45) is 0 Å². The molecule has 0 aromatic heterocycles. The minimum absolute atomic E-state index is 0. The summed E-state index contributed by atoms with van der Waals surface area (Å²) in [5.74, 6) is -0.211. The summed E-state index contributed by atoms with van der Waals surface area (Å²) < 4.78 is 0. The smallest absolute Gasteiger partial charge is 0.310 e. The van der Waals surface area contributed by atoms with Crippen LogP contribution in [0.2, 0.25) is 0 Å². The van der Waals surface area contributed by atoms with Gasteiger partial charge in [0.2, 0.25) is 0 Å². The number of aromatic hydroxyl groups is 1.